The van der Waals surface area contributed by atoms with Gasteiger partial charge in [0.2, 0.25) is 0 Å². The smallest absolute Gasteiger partial charge is 0.272 e. The summed E-state index contributed by atoms with van der Waals surface area (Å²) in [7, 11) is 0. The Labute approximate surface area is 201 Å². The molecule has 3 rings (SSSR count). The van der Waals surface area contributed by atoms with Gasteiger partial charge in [-0.3, -0.25) is 14.5 Å². The minimum absolute atomic E-state index is 0.0319. The molecule has 1 unspecified atom stereocenters. The number of ether oxygens (including phenoxy) is 2. The second kappa shape index (κ2) is 10.8. The Bertz CT molecular complexity index is 1170. The molecule has 1 heterocycles. The lowest BCUT2D eigenvalue weighted by Crippen LogP contribution is -2.44. The Hall–Kier alpha value is -3.85. The summed E-state index contributed by atoms with van der Waals surface area (Å²) < 4.78 is 11.6. The van der Waals surface area contributed by atoms with E-state index in [4.69, 9.17) is 9.47 Å². The average molecular weight is 459 g/mol. The van der Waals surface area contributed by atoms with Gasteiger partial charge >= 0.3 is 0 Å². The summed E-state index contributed by atoms with van der Waals surface area (Å²) in [6.45, 7) is 10.5. The van der Waals surface area contributed by atoms with E-state index >= 15 is 0 Å². The normalized spacial score (nSPS) is 16.1. The van der Waals surface area contributed by atoms with Crippen LogP contribution in [0.15, 0.2) is 65.3 Å². The lowest BCUT2D eigenvalue weighted by atomic mass is 9.91. The summed E-state index contributed by atoms with van der Waals surface area (Å²) in [5.41, 5.74) is 2.16. The van der Waals surface area contributed by atoms with Gasteiger partial charge in [-0.1, -0.05) is 50.2 Å². The third-order valence-corrected chi connectivity index (χ3v) is 5.59. The van der Waals surface area contributed by atoms with E-state index in [1.807, 2.05) is 55.5 Å². The van der Waals surface area contributed by atoms with Crippen LogP contribution in [0.1, 0.15) is 51.8 Å². The van der Waals surface area contributed by atoms with Gasteiger partial charge in [0.1, 0.15) is 11.6 Å². The Balaban J connectivity index is 2.05. The van der Waals surface area contributed by atoms with E-state index in [9.17, 15) is 14.9 Å². The van der Waals surface area contributed by atoms with E-state index < -0.39 is 17.9 Å². The molecule has 34 heavy (non-hydrogen) atoms. The van der Waals surface area contributed by atoms with Crippen LogP contribution in [0.2, 0.25) is 0 Å². The minimum atomic E-state index is -0.578. The number of benzene rings is 2. The van der Waals surface area contributed by atoms with E-state index in [0.717, 1.165) is 10.5 Å². The van der Waals surface area contributed by atoms with Crippen LogP contribution in [-0.4, -0.2) is 29.9 Å². The standard InChI is InChI=1S/C28H30N2O4/c1-6-33-26-15-21(12-13-25(26)34-17-18(2)3)14-23-19(4)24(16-29)28(32)30(27(23)31)20(5)22-10-8-7-9-11-22/h7-15,18,20H,6,17H2,1-5H3/b23-14+. The summed E-state index contributed by atoms with van der Waals surface area (Å²) in [6, 6.07) is 16.2. The Morgan fingerprint density at radius 3 is 2.32 bits per heavy atom. The Morgan fingerprint density at radius 1 is 1.00 bits per heavy atom. The number of amides is 2. The SMILES string of the molecule is CCOc1cc(/C=C2/C(=O)N(C(C)c3ccccc3)C(=O)C(C#N)=C2C)ccc1OCC(C)C. The predicted octanol–water partition coefficient (Wildman–Crippen LogP) is 5.47. The first-order chi connectivity index (χ1) is 16.3. The van der Waals surface area contributed by atoms with Gasteiger partial charge in [0.05, 0.1) is 19.3 Å². The van der Waals surface area contributed by atoms with Crippen molar-refractivity contribution < 1.29 is 19.1 Å². The highest BCUT2D eigenvalue weighted by Crippen LogP contribution is 2.34. The van der Waals surface area contributed by atoms with Crippen LogP contribution in [0.4, 0.5) is 0 Å². The topological polar surface area (TPSA) is 79.6 Å². The number of hydrogen-bond donors (Lipinski definition) is 0. The third-order valence-electron chi connectivity index (χ3n) is 5.59. The van der Waals surface area contributed by atoms with Crippen molar-refractivity contribution in [1.29, 1.82) is 5.26 Å². The highest BCUT2D eigenvalue weighted by Gasteiger charge is 2.38. The van der Waals surface area contributed by atoms with Crippen LogP contribution in [-0.2, 0) is 9.59 Å². The molecule has 0 fully saturated rings. The quantitative estimate of drug-likeness (QED) is 0.387. The molecule has 2 amide bonds. The first-order valence-corrected chi connectivity index (χ1v) is 11.4. The lowest BCUT2D eigenvalue weighted by molar-refractivity contribution is -0.143. The molecule has 176 valence electrons. The average Bonchev–Trinajstić information content (AvgIpc) is 2.82. The molecule has 1 aliphatic heterocycles. The molecule has 0 aliphatic carbocycles. The lowest BCUT2D eigenvalue weighted by Gasteiger charge is -2.32. The molecule has 0 aromatic heterocycles. The van der Waals surface area contributed by atoms with Crippen LogP contribution in [0.25, 0.3) is 6.08 Å². The predicted molar refractivity (Wildman–Crippen MR) is 131 cm³/mol. The third kappa shape index (κ3) is 5.20. The van der Waals surface area contributed by atoms with E-state index in [1.54, 1.807) is 26.0 Å². The number of carbonyl (C=O) groups is 2. The van der Waals surface area contributed by atoms with Gasteiger partial charge in [0, 0.05) is 5.57 Å². The first-order valence-electron chi connectivity index (χ1n) is 11.4. The molecule has 1 aliphatic rings. The van der Waals surface area contributed by atoms with Crippen molar-refractivity contribution in [3.05, 3.63) is 76.4 Å². The van der Waals surface area contributed by atoms with Gasteiger partial charge in [-0.25, -0.2) is 0 Å². The summed E-state index contributed by atoms with van der Waals surface area (Å²) in [5, 5.41) is 9.70. The number of rotatable bonds is 8. The maximum atomic E-state index is 13.5. The highest BCUT2D eigenvalue weighted by atomic mass is 16.5. The molecule has 0 bridgehead atoms. The second-order valence-corrected chi connectivity index (χ2v) is 8.58. The van der Waals surface area contributed by atoms with Crippen LogP contribution in [0, 0.1) is 17.2 Å². The van der Waals surface area contributed by atoms with Gasteiger partial charge < -0.3 is 9.47 Å². The number of imide groups is 1. The van der Waals surface area contributed by atoms with Crippen molar-refractivity contribution in [3.8, 4) is 17.6 Å². The van der Waals surface area contributed by atoms with Crippen molar-refractivity contribution >= 4 is 17.9 Å². The van der Waals surface area contributed by atoms with Crippen LogP contribution in [0.5, 0.6) is 11.5 Å². The molecule has 0 spiro atoms. The zero-order valence-corrected chi connectivity index (χ0v) is 20.3. The monoisotopic (exact) mass is 458 g/mol. The zero-order chi connectivity index (χ0) is 24.8. The molecule has 0 radical (unpaired) electrons. The number of nitrogens with zero attached hydrogens (tertiary/aromatic N) is 2. The highest BCUT2D eigenvalue weighted by molar-refractivity contribution is 6.20. The molecule has 0 saturated heterocycles. The summed E-state index contributed by atoms with van der Waals surface area (Å²) in [4.78, 5) is 27.7. The minimum Gasteiger partial charge on any atom is -0.490 e. The van der Waals surface area contributed by atoms with Gasteiger partial charge in [0.15, 0.2) is 11.5 Å². The molecule has 2 aromatic carbocycles. The fourth-order valence-electron chi connectivity index (χ4n) is 3.76. The largest absolute Gasteiger partial charge is 0.490 e. The van der Waals surface area contributed by atoms with Crippen molar-refractivity contribution in [3.63, 3.8) is 0 Å². The molecular weight excluding hydrogens is 428 g/mol. The summed E-state index contributed by atoms with van der Waals surface area (Å²) >= 11 is 0. The van der Waals surface area contributed by atoms with E-state index in [1.165, 1.54) is 0 Å². The zero-order valence-electron chi connectivity index (χ0n) is 20.3. The van der Waals surface area contributed by atoms with Gasteiger partial charge in [-0.15, -0.1) is 0 Å². The van der Waals surface area contributed by atoms with Crippen molar-refractivity contribution in [2.75, 3.05) is 13.2 Å². The van der Waals surface area contributed by atoms with Crippen LogP contribution < -0.4 is 9.47 Å². The fourth-order valence-corrected chi connectivity index (χ4v) is 3.76. The van der Waals surface area contributed by atoms with Gasteiger partial charge in [0.25, 0.3) is 11.8 Å². The molecule has 1 atom stereocenters. The fraction of sp³-hybridized carbons (Fsp3) is 0.321. The summed E-state index contributed by atoms with van der Waals surface area (Å²) in [6.07, 6.45) is 1.70. The van der Waals surface area contributed by atoms with Crippen molar-refractivity contribution in [2.24, 2.45) is 5.92 Å². The molecule has 0 N–H and O–H groups in total. The van der Waals surface area contributed by atoms with E-state index in [2.05, 4.69) is 13.8 Å². The molecule has 0 saturated carbocycles. The Kier molecular flexibility index (Phi) is 7.91. The van der Waals surface area contributed by atoms with Crippen LogP contribution >= 0.6 is 0 Å². The van der Waals surface area contributed by atoms with Crippen molar-refractivity contribution in [1.82, 2.24) is 4.90 Å². The molecule has 6 nitrogen and oxygen atoms in total. The van der Waals surface area contributed by atoms with Crippen molar-refractivity contribution in [2.45, 2.75) is 40.7 Å². The molecule has 6 heteroatoms. The van der Waals surface area contributed by atoms with E-state index in [0.29, 0.717) is 47.3 Å². The summed E-state index contributed by atoms with van der Waals surface area (Å²) in [5.74, 6) is 0.561. The van der Waals surface area contributed by atoms with Gasteiger partial charge in [-0.05, 0) is 61.6 Å². The number of carbonyl (C=O) groups excluding carboxylic acids is 2. The van der Waals surface area contributed by atoms with Crippen LogP contribution in [0.3, 0.4) is 0 Å². The first kappa shape index (κ1) is 24.8. The van der Waals surface area contributed by atoms with Gasteiger partial charge in [-0.2, -0.15) is 5.26 Å². The van der Waals surface area contributed by atoms with E-state index in [-0.39, 0.29) is 5.57 Å². The maximum absolute atomic E-state index is 13.5. The number of nitriles is 1. The number of hydrogen-bond acceptors (Lipinski definition) is 5. The Morgan fingerprint density at radius 2 is 1.71 bits per heavy atom. The molecule has 2 aromatic rings. The second-order valence-electron chi connectivity index (χ2n) is 8.58. The maximum Gasteiger partial charge on any atom is 0.272 e. The molecular formula is C28H30N2O4.